The Morgan fingerprint density at radius 3 is 1.55 bits per heavy atom. The number of nitrogens with zero attached hydrogens (tertiary/aromatic N) is 6. The molecule has 0 spiro atoms. The third-order valence-corrected chi connectivity index (χ3v) is 6.58. The first-order valence-corrected chi connectivity index (χ1v) is 11.2. The fraction of sp³-hybridized carbons (Fsp3) is 0.143. The molecule has 1 heterocycles. The van der Waals surface area contributed by atoms with E-state index in [1.165, 1.54) is 19.9 Å². The molecule has 0 aliphatic heterocycles. The lowest BCUT2D eigenvalue weighted by atomic mass is 9.95. The van der Waals surface area contributed by atoms with Crippen molar-refractivity contribution in [3.05, 3.63) is 80.2 Å². The van der Waals surface area contributed by atoms with Gasteiger partial charge in [0, 0.05) is 22.3 Å². The highest BCUT2D eigenvalue weighted by Crippen LogP contribution is 2.54. The van der Waals surface area contributed by atoms with Gasteiger partial charge in [-0.15, -0.1) is 0 Å². The van der Waals surface area contributed by atoms with E-state index in [2.05, 4.69) is 9.97 Å². The minimum Gasteiger partial charge on any atom is -0.243 e. The molecule has 0 bridgehead atoms. The standard InChI is InChI=1S/C28H10F6N6/c1-11-3-16-20(13(7-35)8-36)25-26(22(16)18(4-11)28(32,33)34)40-24-21(14(9-37)10-38)17-6-15(27(29,30)31)5-12(2)19(17)23(24)39-25/h3-6H,1-2H3. The average molecular weight is 544 g/mol. The van der Waals surface area contributed by atoms with Gasteiger partial charge in [-0.2, -0.15) is 47.4 Å². The molecule has 0 unspecified atom stereocenters. The number of aromatic nitrogens is 2. The number of hydrogen-bond acceptors (Lipinski definition) is 6. The first kappa shape index (κ1) is 26.2. The molecule has 0 fully saturated rings. The van der Waals surface area contributed by atoms with Crippen LogP contribution in [0.2, 0.25) is 0 Å². The number of alkyl halides is 6. The van der Waals surface area contributed by atoms with Crippen molar-refractivity contribution < 1.29 is 26.3 Å². The van der Waals surface area contributed by atoms with Crippen molar-refractivity contribution in [2.24, 2.45) is 0 Å². The maximum absolute atomic E-state index is 14.2. The third kappa shape index (κ3) is 3.62. The zero-order valence-electron chi connectivity index (χ0n) is 20.3. The van der Waals surface area contributed by atoms with E-state index >= 15 is 0 Å². The van der Waals surface area contributed by atoms with Crippen LogP contribution in [0.4, 0.5) is 26.3 Å². The normalized spacial score (nSPS) is 12.8. The van der Waals surface area contributed by atoms with Crippen LogP contribution in [0.1, 0.15) is 44.8 Å². The number of benzene rings is 2. The third-order valence-electron chi connectivity index (χ3n) is 6.58. The number of hydrogen-bond donors (Lipinski definition) is 0. The van der Waals surface area contributed by atoms with E-state index in [-0.39, 0.29) is 61.7 Å². The molecular weight excluding hydrogens is 534 g/mol. The van der Waals surface area contributed by atoms with Crippen LogP contribution in [0, 0.1) is 59.2 Å². The second-order valence-electron chi connectivity index (χ2n) is 9.01. The summed E-state index contributed by atoms with van der Waals surface area (Å²) in [6, 6.07) is 10.4. The van der Waals surface area contributed by atoms with Crippen molar-refractivity contribution >= 4 is 11.1 Å². The Morgan fingerprint density at radius 1 is 0.625 bits per heavy atom. The van der Waals surface area contributed by atoms with Gasteiger partial charge in [0.15, 0.2) is 0 Å². The molecule has 5 rings (SSSR count). The predicted molar refractivity (Wildman–Crippen MR) is 127 cm³/mol. The van der Waals surface area contributed by atoms with Crippen molar-refractivity contribution in [1.82, 2.24) is 9.97 Å². The van der Waals surface area contributed by atoms with Gasteiger partial charge >= 0.3 is 12.4 Å². The maximum Gasteiger partial charge on any atom is 0.417 e. The summed E-state index contributed by atoms with van der Waals surface area (Å²) in [4.78, 5) is 8.84. The Hall–Kier alpha value is -5.46. The zero-order valence-corrected chi connectivity index (χ0v) is 20.3. The molecule has 12 heteroatoms. The zero-order chi connectivity index (χ0) is 29.3. The summed E-state index contributed by atoms with van der Waals surface area (Å²) in [5, 5.41) is 38.5. The van der Waals surface area contributed by atoms with Gasteiger partial charge in [0.25, 0.3) is 0 Å². The number of rotatable bonds is 0. The highest BCUT2D eigenvalue weighted by Gasteiger charge is 2.43. The molecule has 0 N–H and O–H groups in total. The molecule has 194 valence electrons. The van der Waals surface area contributed by atoms with Gasteiger partial charge in [0.2, 0.25) is 0 Å². The predicted octanol–water partition coefficient (Wildman–Crippen LogP) is 6.79. The second kappa shape index (κ2) is 8.53. The molecule has 6 nitrogen and oxygen atoms in total. The van der Waals surface area contributed by atoms with E-state index in [9.17, 15) is 47.4 Å². The lowest BCUT2D eigenvalue weighted by molar-refractivity contribution is -0.138. The minimum atomic E-state index is -4.90. The van der Waals surface area contributed by atoms with E-state index in [1.807, 2.05) is 0 Å². The van der Waals surface area contributed by atoms with E-state index in [4.69, 9.17) is 0 Å². The largest absolute Gasteiger partial charge is 0.417 e. The number of aryl methyl sites for hydroxylation is 2. The Kier molecular flexibility index (Phi) is 5.58. The molecule has 2 aliphatic carbocycles. The van der Waals surface area contributed by atoms with Crippen molar-refractivity contribution in [3.63, 3.8) is 0 Å². The molecule has 40 heavy (non-hydrogen) atoms. The van der Waals surface area contributed by atoms with Gasteiger partial charge in [-0.1, -0.05) is 6.07 Å². The molecule has 2 aromatic carbocycles. The highest BCUT2D eigenvalue weighted by atomic mass is 19.4. The number of allylic oxidation sites excluding steroid dienone is 2. The summed E-state index contributed by atoms with van der Waals surface area (Å²) in [6.45, 7) is 2.75. The smallest absolute Gasteiger partial charge is 0.243 e. The van der Waals surface area contributed by atoms with E-state index in [0.29, 0.717) is 0 Å². The molecule has 2 aliphatic rings. The van der Waals surface area contributed by atoms with Crippen LogP contribution >= 0.6 is 0 Å². The molecule has 0 saturated carbocycles. The van der Waals surface area contributed by atoms with Crippen molar-refractivity contribution in [1.29, 1.82) is 21.0 Å². The van der Waals surface area contributed by atoms with Gasteiger partial charge in [-0.25, -0.2) is 9.97 Å². The topological polar surface area (TPSA) is 121 Å². The van der Waals surface area contributed by atoms with Crippen LogP contribution in [-0.4, -0.2) is 9.97 Å². The fourth-order valence-electron chi connectivity index (χ4n) is 5.09. The highest BCUT2D eigenvalue weighted by molar-refractivity contribution is 6.07. The van der Waals surface area contributed by atoms with E-state index in [0.717, 1.165) is 18.2 Å². The summed E-state index contributed by atoms with van der Waals surface area (Å²) >= 11 is 0. The van der Waals surface area contributed by atoms with Crippen molar-refractivity contribution in [2.45, 2.75) is 26.2 Å². The summed E-state index contributed by atoms with van der Waals surface area (Å²) in [6.07, 6.45) is -9.68. The summed E-state index contributed by atoms with van der Waals surface area (Å²) in [7, 11) is 0. The van der Waals surface area contributed by atoms with Crippen LogP contribution in [0.5, 0.6) is 0 Å². The Morgan fingerprint density at radius 2 is 1.10 bits per heavy atom. The Bertz CT molecular complexity index is 1900. The molecule has 0 radical (unpaired) electrons. The SMILES string of the molecule is Cc1cc2c(c(C(F)(F)F)c1)-c1nc3c(nc1C2=C(C#N)C#N)-c1c(C)cc(C(F)(F)F)cc1C3=C(C#N)C#N. The summed E-state index contributed by atoms with van der Waals surface area (Å²) < 4.78 is 83.7. The molecule has 0 saturated heterocycles. The minimum absolute atomic E-state index is 0.0548. The van der Waals surface area contributed by atoms with E-state index < -0.39 is 40.2 Å². The molecule has 1 aromatic heterocycles. The van der Waals surface area contributed by atoms with Crippen LogP contribution in [0.25, 0.3) is 33.7 Å². The Labute approximate surface area is 222 Å². The monoisotopic (exact) mass is 544 g/mol. The first-order valence-electron chi connectivity index (χ1n) is 11.2. The van der Waals surface area contributed by atoms with E-state index in [1.54, 1.807) is 24.3 Å². The lowest BCUT2D eigenvalue weighted by Gasteiger charge is -2.14. The van der Waals surface area contributed by atoms with Gasteiger partial charge in [0.05, 0.1) is 22.5 Å². The summed E-state index contributed by atoms with van der Waals surface area (Å²) in [5.41, 5.74) is -5.29. The second-order valence-corrected chi connectivity index (χ2v) is 9.01. The first-order chi connectivity index (χ1) is 18.8. The summed E-state index contributed by atoms with van der Waals surface area (Å²) in [5.74, 6) is 0. The van der Waals surface area contributed by atoms with Gasteiger partial charge in [-0.3, -0.25) is 0 Å². The van der Waals surface area contributed by atoms with Gasteiger partial charge in [-0.05, 0) is 54.3 Å². The molecule has 0 atom stereocenters. The van der Waals surface area contributed by atoms with Crippen LogP contribution in [-0.2, 0) is 12.4 Å². The average Bonchev–Trinajstić information content (AvgIpc) is 3.35. The lowest BCUT2D eigenvalue weighted by Crippen LogP contribution is -2.09. The quantitative estimate of drug-likeness (QED) is 0.156. The molecule has 0 amide bonds. The van der Waals surface area contributed by atoms with Crippen LogP contribution in [0.15, 0.2) is 35.4 Å². The van der Waals surface area contributed by atoms with Gasteiger partial charge in [0.1, 0.15) is 46.8 Å². The molecule has 3 aromatic rings. The Balaban J connectivity index is 2.00. The fourth-order valence-corrected chi connectivity index (χ4v) is 5.09. The van der Waals surface area contributed by atoms with Crippen molar-refractivity contribution in [2.75, 3.05) is 0 Å². The van der Waals surface area contributed by atoms with Gasteiger partial charge < -0.3 is 0 Å². The van der Waals surface area contributed by atoms with Crippen molar-refractivity contribution in [3.8, 4) is 46.8 Å². The number of halogens is 6. The number of fused-ring (bicyclic) bond motifs is 6. The van der Waals surface area contributed by atoms with Crippen LogP contribution in [0.3, 0.4) is 0 Å². The molecular formula is C28H10F6N6. The number of nitriles is 4. The van der Waals surface area contributed by atoms with Crippen LogP contribution < -0.4 is 0 Å². The maximum atomic E-state index is 14.2.